The molecule has 4 saturated heterocycles. The van der Waals surface area contributed by atoms with Crippen LogP contribution in [0.1, 0.15) is 98.8 Å². The summed E-state index contributed by atoms with van der Waals surface area (Å²) in [5, 5.41) is 35.9. The molecule has 3 saturated carbocycles. The van der Waals surface area contributed by atoms with Gasteiger partial charge in [-0.1, -0.05) is 0 Å². The number of ether oxygens (including phenoxy) is 4. The summed E-state index contributed by atoms with van der Waals surface area (Å²) < 4.78 is 38.0. The average Bonchev–Trinajstić information content (AvgIpc) is 2.13. The molecule has 3 aliphatic carbocycles. The quantitative estimate of drug-likeness (QED) is 0.0899. The number of carbonyl (C=O) groups excluding carboxylic acids is 6. The topological polar surface area (TPSA) is 300 Å². The number of amides is 3. The molecule has 0 N–H and O–H groups in total. The molecular weight excluding hydrogens is 1110 g/mol. The first kappa shape index (κ1) is 61.0. The molecule has 11 rings (SSSR count). The van der Waals surface area contributed by atoms with Crippen LogP contribution in [0.15, 0.2) is 91.3 Å². The van der Waals surface area contributed by atoms with Gasteiger partial charge in [-0.2, -0.15) is 5.10 Å². The minimum Gasteiger partial charge on any atom is -0.444 e. The minimum absolute atomic E-state index is 0.0194. The van der Waals surface area contributed by atoms with Gasteiger partial charge in [0.2, 0.25) is 0 Å². The minimum atomic E-state index is -1.00. The summed E-state index contributed by atoms with van der Waals surface area (Å²) in [4.78, 5) is 106. The van der Waals surface area contributed by atoms with Gasteiger partial charge in [-0.05, 0) is 114 Å². The van der Waals surface area contributed by atoms with E-state index in [1.165, 1.54) is 72.8 Å². The number of nitro groups is 3. The van der Waals surface area contributed by atoms with Gasteiger partial charge in [-0.3, -0.25) is 49.0 Å². The second-order valence-electron chi connectivity index (χ2n) is 22.9. The maximum absolute atomic E-state index is 12.5. The lowest BCUT2D eigenvalue weighted by atomic mass is 9.64. The van der Waals surface area contributed by atoms with Crippen LogP contribution in [0.2, 0.25) is 0 Å². The number of rotatable bonds is 8. The van der Waals surface area contributed by atoms with Crippen molar-refractivity contribution in [1.29, 1.82) is 0 Å². The van der Waals surface area contributed by atoms with Crippen molar-refractivity contribution in [1.82, 2.24) is 29.4 Å². The van der Waals surface area contributed by atoms with Gasteiger partial charge < -0.3 is 38.5 Å². The van der Waals surface area contributed by atoms with Gasteiger partial charge in [-0.15, -0.1) is 0 Å². The van der Waals surface area contributed by atoms with Crippen LogP contribution < -0.4 is 14.2 Å². The van der Waals surface area contributed by atoms with Crippen molar-refractivity contribution in [3.63, 3.8) is 0 Å². The number of hydrogen-bond acceptors (Lipinski definition) is 18. The number of aromatic nitrogens is 2. The molecule has 4 aliphatic heterocycles. The number of Topliss-reactive ketones (excluding diaryl/α,β-unsaturated/α-hetero) is 2. The summed E-state index contributed by atoms with van der Waals surface area (Å²) in [6.07, 6.45) is 12.6. The molecule has 27 heteroatoms. The summed E-state index contributed by atoms with van der Waals surface area (Å²) in [5.74, 6) is 1.36. The zero-order valence-corrected chi connectivity index (χ0v) is 47.0. The number of non-ortho nitro benzene ring substituents is 3. The van der Waals surface area contributed by atoms with Crippen molar-refractivity contribution in [2.75, 3.05) is 59.5 Å². The Labute approximate surface area is 483 Å². The number of nitro benzene ring substituents is 3. The molecule has 7 fully saturated rings. The fourth-order valence-corrected chi connectivity index (χ4v) is 11.7. The van der Waals surface area contributed by atoms with Crippen LogP contribution in [0, 0.1) is 46.6 Å². The Morgan fingerprint density at radius 2 is 0.988 bits per heavy atom. The number of hydrogen-bond donors (Lipinski definition) is 0. The number of nitrogens with zero attached hydrogens (tertiary/aromatic N) is 9. The van der Waals surface area contributed by atoms with Gasteiger partial charge >= 0.3 is 23.7 Å². The van der Waals surface area contributed by atoms with Crippen LogP contribution in [0.25, 0.3) is 0 Å². The van der Waals surface area contributed by atoms with Crippen molar-refractivity contribution in [2.24, 2.45) is 16.2 Å². The molecule has 0 radical (unpaired) electrons. The number of halogens is 2. The number of ketones is 2. The fraction of sp³-hybridized carbons (Fsp3) is 0.518. The molecule has 1 aromatic heterocycles. The highest BCUT2D eigenvalue weighted by atomic mass is 35.5. The first-order chi connectivity index (χ1) is 39.8. The molecule has 25 nitrogen and oxygen atoms in total. The first-order valence-corrected chi connectivity index (χ1v) is 27.3. The number of piperidine rings is 1. The summed E-state index contributed by atoms with van der Waals surface area (Å²) in [6.45, 7) is 11.8. The van der Waals surface area contributed by atoms with E-state index >= 15 is 0 Å². The van der Waals surface area contributed by atoms with E-state index in [4.69, 9.17) is 27.2 Å². The van der Waals surface area contributed by atoms with Gasteiger partial charge in [0.15, 0.2) is 0 Å². The van der Waals surface area contributed by atoms with E-state index in [9.17, 15) is 63.5 Å². The van der Waals surface area contributed by atoms with E-state index in [0.717, 1.165) is 71.1 Å². The summed E-state index contributed by atoms with van der Waals surface area (Å²) >= 11 is 4.92. The zero-order valence-electron chi connectivity index (χ0n) is 47.3. The monoisotopic (exact) mass is 1180 g/mol. The predicted molar refractivity (Wildman–Crippen MR) is 296 cm³/mol. The number of alkyl halides is 1. The molecule has 83 heavy (non-hydrogen) atoms. The maximum Gasteiger partial charge on any atom is 0.415 e. The maximum atomic E-state index is 12.5. The van der Waals surface area contributed by atoms with E-state index in [-0.39, 0.29) is 62.8 Å². The molecule has 3 spiro atoms. The zero-order chi connectivity index (χ0) is 61.0. The van der Waals surface area contributed by atoms with Crippen LogP contribution in [-0.2, 0) is 14.3 Å². The molecule has 0 bridgehead atoms. The molecule has 446 valence electrons. The Hall–Kier alpha value is -8.13. The van der Waals surface area contributed by atoms with E-state index in [1.54, 1.807) is 14.7 Å². The van der Waals surface area contributed by atoms with Crippen molar-refractivity contribution >= 4 is 63.9 Å². The summed E-state index contributed by atoms with van der Waals surface area (Å²) in [5.41, 5.74) is -1.29. The highest BCUT2D eigenvalue weighted by Crippen LogP contribution is 2.51. The third kappa shape index (κ3) is 16.8. The Morgan fingerprint density at radius 1 is 0.614 bits per heavy atom. The smallest absolute Gasteiger partial charge is 0.415 e. The van der Waals surface area contributed by atoms with E-state index in [2.05, 4.69) is 25.6 Å². The second kappa shape index (κ2) is 26.8. The number of likely N-dealkylation sites (tertiary alicyclic amines) is 4. The third-order valence-electron chi connectivity index (χ3n) is 15.8. The molecule has 0 atom stereocenters. The molecule has 4 aromatic rings. The molecular formula is C56H67ClFN9O16. The summed E-state index contributed by atoms with van der Waals surface area (Å²) in [7, 11) is -1.00. The lowest BCUT2D eigenvalue weighted by Crippen LogP contribution is -2.54. The molecule has 7 aliphatic rings. The SMILES string of the molecule is CC(C)(C)OC(=O)N1CCC2(CC(=O)C2)C1.O=C(Cl)Oc1ccc([N+](=O)[O-])cc1.O=C(Oc1ccc([N+](=O)[O-])cc1)N1CCC2(CC(N3CCC(n4cccn4)CC3)C2)C1.O=C1CC2(CCN(C(=O)Oc3ccc([N+](=O)[O-])cc3)C2)C1.[2H]CF. The normalized spacial score (nSPS) is 21.1. The Balaban J connectivity index is 0.000000167. The van der Waals surface area contributed by atoms with Gasteiger partial charge in [-0.25, -0.2) is 19.2 Å². The van der Waals surface area contributed by atoms with Crippen LogP contribution in [0.3, 0.4) is 0 Å². The number of carbonyl (C=O) groups is 6. The predicted octanol–water partition coefficient (Wildman–Crippen LogP) is 10.5. The van der Waals surface area contributed by atoms with E-state index in [0.29, 0.717) is 75.5 Å². The largest absolute Gasteiger partial charge is 0.444 e. The second-order valence-corrected chi connectivity index (χ2v) is 23.2. The molecule has 0 unspecified atom stereocenters. The third-order valence-corrected chi connectivity index (χ3v) is 15.9. The van der Waals surface area contributed by atoms with E-state index in [1.807, 2.05) is 33.0 Å². The average molecular weight is 1180 g/mol. The Kier molecular flexibility index (Phi) is 19.7. The van der Waals surface area contributed by atoms with Crippen LogP contribution in [0.4, 0.5) is 40.6 Å². The first-order valence-electron chi connectivity index (χ1n) is 27.6. The van der Waals surface area contributed by atoms with Crippen molar-refractivity contribution < 1.29 is 68.2 Å². The van der Waals surface area contributed by atoms with Gasteiger partial charge in [0.05, 0.1) is 29.3 Å². The van der Waals surface area contributed by atoms with Gasteiger partial charge in [0, 0.05) is 155 Å². The van der Waals surface area contributed by atoms with E-state index < -0.39 is 39.0 Å². The standard InChI is InChI=1S/C22H27N5O4.C14H14N2O5.C12H19NO3.C7H4ClNO4.CH3F/c28-21(31-20-4-2-18(3-5-20)27(29)30)25-13-8-22(16-25)14-19(15-22)24-11-6-17(7-12-24)26-10-1-9-23-26;17-11-7-14(8-11)5-6-15(9-14)13(18)21-12-3-1-10(2-4-12)16(19)20;1-11(2,3)16-10(15)13-5-4-12(8-13)6-9(14)7-12;8-7(10)13-6-3-1-5(2-4-6)9(11)12;1-2/h1-5,9-10,17,19H,6-8,11-16H2;1-4H,5-9H2;4-8H2,1-3H3;1-4H;1H3/i;;;;1D. The molecule has 3 amide bonds. The van der Waals surface area contributed by atoms with Crippen molar-refractivity contribution in [3.8, 4) is 17.2 Å². The van der Waals surface area contributed by atoms with Crippen molar-refractivity contribution in [3.05, 3.63) is 122 Å². The highest BCUT2D eigenvalue weighted by Gasteiger charge is 2.53. The van der Waals surface area contributed by atoms with Crippen LogP contribution in [0.5, 0.6) is 17.2 Å². The lowest BCUT2D eigenvalue weighted by molar-refractivity contribution is -0.385. The van der Waals surface area contributed by atoms with Crippen molar-refractivity contribution in [2.45, 2.75) is 109 Å². The number of benzene rings is 3. The van der Waals surface area contributed by atoms with Crippen LogP contribution in [-0.4, -0.2) is 151 Å². The fourth-order valence-electron chi connectivity index (χ4n) is 11.6. The van der Waals surface area contributed by atoms with Gasteiger partial charge in [0.1, 0.15) is 34.4 Å². The lowest BCUT2D eigenvalue weighted by Gasteiger charge is -2.51. The Morgan fingerprint density at radius 3 is 1.34 bits per heavy atom. The van der Waals surface area contributed by atoms with Gasteiger partial charge in [0.25, 0.3) is 17.1 Å². The highest BCUT2D eigenvalue weighted by molar-refractivity contribution is 6.61. The molecule has 3 aromatic carbocycles. The molecule has 5 heterocycles. The summed E-state index contributed by atoms with van der Waals surface area (Å²) in [6, 6.07) is 19.1. The van der Waals surface area contributed by atoms with Crippen LogP contribution >= 0.6 is 11.6 Å². The Bertz CT molecular complexity index is 2990.